The van der Waals surface area contributed by atoms with Crippen LogP contribution < -0.4 is 10.1 Å². The number of carbonyl (C=O) groups is 1. The van der Waals surface area contributed by atoms with E-state index in [1.807, 2.05) is 18.2 Å². The number of methoxy groups -OCH3 is 1. The topological polar surface area (TPSA) is 38.3 Å². The van der Waals surface area contributed by atoms with E-state index < -0.39 is 0 Å². The Morgan fingerprint density at radius 1 is 1.26 bits per heavy atom. The third-order valence-electron chi connectivity index (χ3n) is 3.66. The normalized spacial score (nSPS) is 16.7. The zero-order valence-corrected chi connectivity index (χ0v) is 12.8. The van der Waals surface area contributed by atoms with Crippen LogP contribution in [0.1, 0.15) is 38.5 Å². The number of ether oxygens (including phenoxy) is 1. The molecule has 0 atom stereocenters. The van der Waals surface area contributed by atoms with E-state index in [2.05, 4.69) is 21.2 Å². The molecule has 0 aromatic heterocycles. The minimum atomic E-state index is 0.135. The van der Waals surface area contributed by atoms with Gasteiger partial charge < -0.3 is 10.1 Å². The summed E-state index contributed by atoms with van der Waals surface area (Å²) in [5.74, 6) is 1.04. The van der Waals surface area contributed by atoms with Gasteiger partial charge in [0, 0.05) is 16.5 Å². The highest BCUT2D eigenvalue weighted by molar-refractivity contribution is 9.10. The van der Waals surface area contributed by atoms with Crippen LogP contribution >= 0.6 is 15.9 Å². The quantitative estimate of drug-likeness (QED) is 0.838. The number of anilines is 1. The van der Waals surface area contributed by atoms with Gasteiger partial charge in [0.25, 0.3) is 0 Å². The maximum absolute atomic E-state index is 12.3. The highest BCUT2D eigenvalue weighted by Gasteiger charge is 2.20. The zero-order chi connectivity index (χ0) is 13.7. The van der Waals surface area contributed by atoms with Crippen molar-refractivity contribution < 1.29 is 9.53 Å². The second-order valence-corrected chi connectivity index (χ2v) is 5.88. The summed E-state index contributed by atoms with van der Waals surface area (Å²) in [6.45, 7) is 0. The average Bonchev–Trinajstić information content (AvgIpc) is 2.70. The zero-order valence-electron chi connectivity index (χ0n) is 11.2. The lowest BCUT2D eigenvalue weighted by Gasteiger charge is -2.15. The van der Waals surface area contributed by atoms with E-state index in [4.69, 9.17) is 4.74 Å². The second kappa shape index (κ2) is 6.94. The van der Waals surface area contributed by atoms with Crippen LogP contribution in [-0.2, 0) is 4.79 Å². The van der Waals surface area contributed by atoms with E-state index >= 15 is 0 Å². The van der Waals surface area contributed by atoms with Gasteiger partial charge in [-0.05, 0) is 40.9 Å². The Morgan fingerprint density at radius 3 is 2.58 bits per heavy atom. The first kappa shape index (κ1) is 14.4. The minimum absolute atomic E-state index is 0.135. The number of hydrogen-bond acceptors (Lipinski definition) is 2. The summed E-state index contributed by atoms with van der Waals surface area (Å²) in [6, 6.07) is 5.60. The SMILES string of the molecule is COc1ccc(Br)c(NC(=O)C2CCCCCC2)c1. The lowest BCUT2D eigenvalue weighted by atomic mass is 9.99. The fourth-order valence-electron chi connectivity index (χ4n) is 2.50. The van der Waals surface area contributed by atoms with Gasteiger partial charge in [-0.15, -0.1) is 0 Å². The van der Waals surface area contributed by atoms with E-state index in [-0.39, 0.29) is 11.8 Å². The van der Waals surface area contributed by atoms with Crippen LogP contribution in [0.2, 0.25) is 0 Å². The van der Waals surface area contributed by atoms with Crippen LogP contribution in [-0.4, -0.2) is 13.0 Å². The molecule has 1 aromatic carbocycles. The van der Waals surface area contributed by atoms with Gasteiger partial charge in [-0.1, -0.05) is 25.7 Å². The third-order valence-corrected chi connectivity index (χ3v) is 4.35. The molecule has 3 nitrogen and oxygen atoms in total. The Kier molecular flexibility index (Phi) is 5.25. The molecule has 2 rings (SSSR count). The van der Waals surface area contributed by atoms with Crippen LogP contribution in [0.15, 0.2) is 22.7 Å². The molecule has 0 unspecified atom stereocenters. The summed E-state index contributed by atoms with van der Waals surface area (Å²) in [7, 11) is 1.63. The number of rotatable bonds is 3. The van der Waals surface area contributed by atoms with Crippen molar-refractivity contribution in [2.45, 2.75) is 38.5 Å². The first-order valence-electron chi connectivity index (χ1n) is 6.85. The molecular weight excluding hydrogens is 306 g/mol. The number of halogens is 1. The maximum Gasteiger partial charge on any atom is 0.227 e. The van der Waals surface area contributed by atoms with Crippen LogP contribution in [0.4, 0.5) is 5.69 Å². The number of amides is 1. The molecule has 0 heterocycles. The van der Waals surface area contributed by atoms with Crippen LogP contribution in [0.5, 0.6) is 5.75 Å². The second-order valence-electron chi connectivity index (χ2n) is 5.02. The molecule has 1 fully saturated rings. The molecule has 1 N–H and O–H groups in total. The molecular formula is C15H20BrNO2. The lowest BCUT2D eigenvalue weighted by molar-refractivity contribution is -0.120. The van der Waals surface area contributed by atoms with Crippen LogP contribution in [0.3, 0.4) is 0 Å². The molecule has 0 bridgehead atoms. The molecule has 1 aliphatic carbocycles. The molecule has 4 heteroatoms. The van der Waals surface area contributed by atoms with Gasteiger partial charge >= 0.3 is 0 Å². The highest BCUT2D eigenvalue weighted by Crippen LogP contribution is 2.29. The number of hydrogen-bond donors (Lipinski definition) is 1. The predicted octanol–water partition coefficient (Wildman–Crippen LogP) is 4.37. The van der Waals surface area contributed by atoms with Gasteiger partial charge in [-0.3, -0.25) is 4.79 Å². The largest absolute Gasteiger partial charge is 0.497 e. The van der Waals surface area contributed by atoms with E-state index in [0.717, 1.165) is 41.6 Å². The lowest BCUT2D eigenvalue weighted by Crippen LogP contribution is -2.22. The fraction of sp³-hybridized carbons (Fsp3) is 0.533. The van der Waals surface area contributed by atoms with E-state index in [9.17, 15) is 4.79 Å². The number of benzene rings is 1. The Balaban J connectivity index is 2.05. The van der Waals surface area contributed by atoms with Crippen molar-refractivity contribution in [1.82, 2.24) is 0 Å². The van der Waals surface area contributed by atoms with Gasteiger partial charge in [0.05, 0.1) is 12.8 Å². The summed E-state index contributed by atoms with van der Waals surface area (Å²) in [4.78, 5) is 12.3. The Labute approximate surface area is 122 Å². The van der Waals surface area contributed by atoms with Gasteiger partial charge in [0.2, 0.25) is 5.91 Å². The maximum atomic E-state index is 12.3. The van der Waals surface area contributed by atoms with E-state index in [0.29, 0.717) is 0 Å². The molecule has 1 amide bonds. The first-order chi connectivity index (χ1) is 9.20. The summed E-state index contributed by atoms with van der Waals surface area (Å²) < 4.78 is 6.07. The van der Waals surface area contributed by atoms with Crippen molar-refractivity contribution >= 4 is 27.5 Å². The molecule has 0 saturated heterocycles. The van der Waals surface area contributed by atoms with Crippen molar-refractivity contribution in [2.24, 2.45) is 5.92 Å². The van der Waals surface area contributed by atoms with Crippen molar-refractivity contribution in [3.8, 4) is 5.75 Å². The van der Waals surface area contributed by atoms with Crippen molar-refractivity contribution in [1.29, 1.82) is 0 Å². The third kappa shape index (κ3) is 3.96. The number of nitrogens with one attached hydrogen (secondary N) is 1. The molecule has 19 heavy (non-hydrogen) atoms. The van der Waals surface area contributed by atoms with Gasteiger partial charge in [0.15, 0.2) is 0 Å². The molecule has 0 radical (unpaired) electrons. The monoisotopic (exact) mass is 325 g/mol. The molecule has 1 aromatic rings. The van der Waals surface area contributed by atoms with E-state index in [1.54, 1.807) is 7.11 Å². The predicted molar refractivity (Wildman–Crippen MR) is 80.5 cm³/mol. The average molecular weight is 326 g/mol. The Morgan fingerprint density at radius 2 is 1.95 bits per heavy atom. The van der Waals surface area contributed by atoms with Crippen molar-refractivity contribution in [3.05, 3.63) is 22.7 Å². The van der Waals surface area contributed by atoms with Crippen LogP contribution in [0, 0.1) is 5.92 Å². The molecule has 1 saturated carbocycles. The Hall–Kier alpha value is -1.03. The fourth-order valence-corrected chi connectivity index (χ4v) is 2.85. The highest BCUT2D eigenvalue weighted by atomic mass is 79.9. The standard InChI is InChI=1S/C15H20BrNO2/c1-19-12-8-9-13(16)14(10-12)17-15(18)11-6-4-2-3-5-7-11/h8-11H,2-7H2,1H3,(H,17,18). The van der Waals surface area contributed by atoms with Gasteiger partial charge in [-0.25, -0.2) is 0 Å². The van der Waals surface area contributed by atoms with Crippen molar-refractivity contribution in [3.63, 3.8) is 0 Å². The molecule has 1 aliphatic rings. The van der Waals surface area contributed by atoms with Gasteiger partial charge in [-0.2, -0.15) is 0 Å². The minimum Gasteiger partial charge on any atom is -0.497 e. The molecule has 0 spiro atoms. The smallest absolute Gasteiger partial charge is 0.227 e. The summed E-state index contributed by atoms with van der Waals surface area (Å²) in [5.41, 5.74) is 0.786. The van der Waals surface area contributed by atoms with Crippen LogP contribution in [0.25, 0.3) is 0 Å². The summed E-state index contributed by atoms with van der Waals surface area (Å²) in [6.07, 6.45) is 6.86. The molecule has 0 aliphatic heterocycles. The number of carbonyl (C=O) groups excluding carboxylic acids is 1. The molecule has 104 valence electrons. The summed E-state index contributed by atoms with van der Waals surface area (Å²) >= 11 is 3.46. The van der Waals surface area contributed by atoms with E-state index in [1.165, 1.54) is 12.8 Å². The Bertz CT molecular complexity index is 440. The van der Waals surface area contributed by atoms with Crippen molar-refractivity contribution in [2.75, 3.05) is 12.4 Å². The summed E-state index contributed by atoms with van der Waals surface area (Å²) in [5, 5.41) is 3.02. The van der Waals surface area contributed by atoms with Gasteiger partial charge in [0.1, 0.15) is 5.75 Å². The first-order valence-corrected chi connectivity index (χ1v) is 7.64.